The van der Waals surface area contributed by atoms with Crippen LogP contribution < -0.4 is 10.1 Å². The van der Waals surface area contributed by atoms with Crippen molar-refractivity contribution in [1.82, 2.24) is 5.32 Å². The minimum Gasteiger partial charge on any atom is -0.487 e. The Morgan fingerprint density at radius 2 is 2.20 bits per heavy atom. The summed E-state index contributed by atoms with van der Waals surface area (Å²) >= 11 is 6.87. The predicted molar refractivity (Wildman–Crippen MR) is 103 cm³/mol. The molecule has 0 saturated carbocycles. The van der Waals surface area contributed by atoms with Crippen LogP contribution in [0.5, 0.6) is 5.75 Å². The smallest absolute Gasteiger partial charge is 0.262 e. The second-order valence-electron chi connectivity index (χ2n) is 5.43. The van der Waals surface area contributed by atoms with Gasteiger partial charge in [0.25, 0.3) is 5.91 Å². The van der Waals surface area contributed by atoms with Crippen LogP contribution in [0.2, 0.25) is 0 Å². The SMILES string of the molecule is C=CCOc1c(Br)cc(/C=C(\C#N)C(=O)NC[C@H]2CCCO2)cc1Br. The molecule has 1 fully saturated rings. The maximum atomic E-state index is 12.2. The molecule has 1 heterocycles. The lowest BCUT2D eigenvalue weighted by atomic mass is 10.1. The standard InChI is InChI=1S/C18H18Br2N2O3/c1-2-5-25-17-15(19)8-12(9-16(17)20)7-13(10-21)18(23)22-11-14-4-3-6-24-14/h2,7-9,14H,1,3-6,11H2,(H,22,23)/b13-7+/t14-/m1/s1. The lowest BCUT2D eigenvalue weighted by Crippen LogP contribution is -2.32. The number of rotatable bonds is 7. The molecule has 0 unspecified atom stereocenters. The van der Waals surface area contributed by atoms with Gasteiger partial charge in [-0.2, -0.15) is 5.26 Å². The number of carbonyl (C=O) groups excluding carboxylic acids is 1. The van der Waals surface area contributed by atoms with E-state index in [0.717, 1.165) is 19.4 Å². The molecule has 1 aliphatic rings. The van der Waals surface area contributed by atoms with Crippen LogP contribution in [0.3, 0.4) is 0 Å². The molecule has 132 valence electrons. The maximum Gasteiger partial charge on any atom is 0.262 e. The average molecular weight is 470 g/mol. The van der Waals surface area contributed by atoms with E-state index >= 15 is 0 Å². The van der Waals surface area contributed by atoms with E-state index in [-0.39, 0.29) is 11.7 Å². The van der Waals surface area contributed by atoms with Gasteiger partial charge in [-0.1, -0.05) is 12.7 Å². The van der Waals surface area contributed by atoms with Crippen molar-refractivity contribution in [2.45, 2.75) is 18.9 Å². The van der Waals surface area contributed by atoms with Crippen molar-refractivity contribution in [3.63, 3.8) is 0 Å². The zero-order chi connectivity index (χ0) is 18.2. The molecular weight excluding hydrogens is 452 g/mol. The molecule has 0 aromatic heterocycles. The maximum absolute atomic E-state index is 12.2. The zero-order valence-electron chi connectivity index (χ0n) is 13.6. The third-order valence-corrected chi connectivity index (χ3v) is 4.73. The second-order valence-corrected chi connectivity index (χ2v) is 7.14. The van der Waals surface area contributed by atoms with E-state index in [1.54, 1.807) is 18.2 Å². The summed E-state index contributed by atoms with van der Waals surface area (Å²) in [6.45, 7) is 5.13. The summed E-state index contributed by atoms with van der Waals surface area (Å²) in [6, 6.07) is 5.52. The highest BCUT2D eigenvalue weighted by atomic mass is 79.9. The number of nitriles is 1. The summed E-state index contributed by atoms with van der Waals surface area (Å²) in [6.07, 6.45) is 5.16. The van der Waals surface area contributed by atoms with Crippen molar-refractivity contribution < 1.29 is 14.3 Å². The van der Waals surface area contributed by atoms with Gasteiger partial charge in [-0.3, -0.25) is 4.79 Å². The van der Waals surface area contributed by atoms with E-state index in [0.29, 0.717) is 33.4 Å². The molecule has 1 aromatic carbocycles. The first kappa shape index (κ1) is 19.7. The van der Waals surface area contributed by atoms with Gasteiger partial charge in [-0.05, 0) is 68.5 Å². The molecule has 0 aliphatic carbocycles. The predicted octanol–water partition coefficient (Wildman–Crippen LogP) is 3.98. The largest absolute Gasteiger partial charge is 0.487 e. The van der Waals surface area contributed by atoms with Gasteiger partial charge in [0.1, 0.15) is 24.0 Å². The number of hydrogen-bond donors (Lipinski definition) is 1. The summed E-state index contributed by atoms with van der Waals surface area (Å²) in [4.78, 5) is 12.2. The lowest BCUT2D eigenvalue weighted by molar-refractivity contribution is -0.117. The topological polar surface area (TPSA) is 71.3 Å². The number of hydrogen-bond acceptors (Lipinski definition) is 4. The molecule has 0 radical (unpaired) electrons. The van der Waals surface area contributed by atoms with Crippen LogP contribution in [-0.2, 0) is 9.53 Å². The quantitative estimate of drug-likeness (QED) is 0.372. The van der Waals surface area contributed by atoms with E-state index in [1.807, 2.05) is 6.07 Å². The summed E-state index contributed by atoms with van der Waals surface area (Å²) in [5, 5.41) is 12.0. The monoisotopic (exact) mass is 468 g/mol. The van der Waals surface area contributed by atoms with Crippen molar-refractivity contribution >= 4 is 43.8 Å². The Bertz CT molecular complexity index is 697. The summed E-state index contributed by atoms with van der Waals surface area (Å²) in [5.74, 6) is 0.232. The molecular formula is C18H18Br2N2O3. The van der Waals surface area contributed by atoms with Crippen molar-refractivity contribution in [2.75, 3.05) is 19.8 Å². The van der Waals surface area contributed by atoms with E-state index in [1.165, 1.54) is 6.08 Å². The van der Waals surface area contributed by atoms with E-state index in [2.05, 4.69) is 43.8 Å². The van der Waals surface area contributed by atoms with Crippen LogP contribution in [0.15, 0.2) is 39.3 Å². The van der Waals surface area contributed by atoms with Gasteiger partial charge in [0.2, 0.25) is 0 Å². The Labute approximate surface area is 163 Å². The van der Waals surface area contributed by atoms with Gasteiger partial charge in [0, 0.05) is 13.2 Å². The number of halogens is 2. The van der Waals surface area contributed by atoms with Crippen LogP contribution in [-0.4, -0.2) is 31.8 Å². The molecule has 1 atom stereocenters. The molecule has 7 heteroatoms. The first-order valence-corrected chi connectivity index (χ1v) is 9.38. The van der Waals surface area contributed by atoms with E-state index in [9.17, 15) is 10.1 Å². The number of carbonyl (C=O) groups is 1. The molecule has 1 aliphatic heterocycles. The number of nitrogens with one attached hydrogen (secondary N) is 1. The fourth-order valence-corrected chi connectivity index (χ4v) is 3.82. The van der Waals surface area contributed by atoms with E-state index in [4.69, 9.17) is 9.47 Å². The number of benzene rings is 1. The van der Waals surface area contributed by atoms with Crippen LogP contribution in [0.25, 0.3) is 6.08 Å². The summed E-state index contributed by atoms with van der Waals surface area (Å²) in [7, 11) is 0. The third kappa shape index (κ3) is 5.70. The highest BCUT2D eigenvalue weighted by molar-refractivity contribution is 9.11. The second kappa shape index (κ2) is 9.76. The first-order valence-electron chi connectivity index (χ1n) is 7.79. The van der Waals surface area contributed by atoms with Crippen molar-refractivity contribution in [3.05, 3.63) is 44.9 Å². The minimum atomic E-state index is -0.405. The summed E-state index contributed by atoms with van der Waals surface area (Å²) in [5.41, 5.74) is 0.741. The molecule has 1 N–H and O–H groups in total. The molecule has 1 saturated heterocycles. The van der Waals surface area contributed by atoms with Gasteiger partial charge in [0.15, 0.2) is 0 Å². The van der Waals surface area contributed by atoms with Crippen molar-refractivity contribution in [1.29, 1.82) is 5.26 Å². The van der Waals surface area contributed by atoms with Crippen LogP contribution >= 0.6 is 31.9 Å². The Hall–Kier alpha value is -1.62. The molecule has 0 bridgehead atoms. The zero-order valence-corrected chi connectivity index (χ0v) is 16.7. The molecule has 25 heavy (non-hydrogen) atoms. The van der Waals surface area contributed by atoms with Crippen molar-refractivity contribution in [2.24, 2.45) is 0 Å². The normalized spacial score (nSPS) is 17.0. The van der Waals surface area contributed by atoms with Gasteiger partial charge in [-0.25, -0.2) is 0 Å². The number of nitrogens with zero attached hydrogens (tertiary/aromatic N) is 1. The van der Waals surface area contributed by atoms with Crippen LogP contribution in [0.1, 0.15) is 18.4 Å². The lowest BCUT2D eigenvalue weighted by Gasteiger charge is -2.11. The fraction of sp³-hybridized carbons (Fsp3) is 0.333. The van der Waals surface area contributed by atoms with Crippen LogP contribution in [0.4, 0.5) is 0 Å². The number of ether oxygens (including phenoxy) is 2. The third-order valence-electron chi connectivity index (χ3n) is 3.56. The highest BCUT2D eigenvalue weighted by Gasteiger charge is 2.18. The Kier molecular flexibility index (Phi) is 7.69. The Morgan fingerprint density at radius 3 is 2.76 bits per heavy atom. The van der Waals surface area contributed by atoms with Gasteiger partial charge in [0.05, 0.1) is 15.0 Å². The Balaban J connectivity index is 2.11. The molecule has 2 rings (SSSR count). The van der Waals surface area contributed by atoms with Gasteiger partial charge < -0.3 is 14.8 Å². The highest BCUT2D eigenvalue weighted by Crippen LogP contribution is 2.35. The molecule has 1 aromatic rings. The van der Waals surface area contributed by atoms with Gasteiger partial charge in [-0.15, -0.1) is 0 Å². The molecule has 5 nitrogen and oxygen atoms in total. The first-order chi connectivity index (χ1) is 12.0. The van der Waals surface area contributed by atoms with Crippen LogP contribution in [0, 0.1) is 11.3 Å². The number of amides is 1. The minimum absolute atomic E-state index is 0.0356. The van der Waals surface area contributed by atoms with Crippen molar-refractivity contribution in [3.8, 4) is 11.8 Å². The molecule has 1 amide bonds. The molecule has 0 spiro atoms. The average Bonchev–Trinajstić information content (AvgIpc) is 3.10. The Morgan fingerprint density at radius 1 is 1.48 bits per heavy atom. The fourth-order valence-electron chi connectivity index (χ4n) is 2.37. The van der Waals surface area contributed by atoms with Gasteiger partial charge >= 0.3 is 0 Å². The summed E-state index contributed by atoms with van der Waals surface area (Å²) < 4.78 is 12.4. The van der Waals surface area contributed by atoms with E-state index < -0.39 is 5.91 Å².